The number of ether oxygens (including phenoxy) is 1. The van der Waals surface area contributed by atoms with Crippen LogP contribution in [0, 0.1) is 13.8 Å². The zero-order chi connectivity index (χ0) is 18.4. The van der Waals surface area contributed by atoms with Crippen LogP contribution >= 0.6 is 0 Å². The second-order valence-corrected chi connectivity index (χ2v) is 6.14. The first-order valence-electron chi connectivity index (χ1n) is 8.16. The Balaban J connectivity index is 1.99. The third-order valence-corrected chi connectivity index (χ3v) is 3.93. The van der Waals surface area contributed by atoms with E-state index in [1.54, 1.807) is 11.9 Å². The average molecular weight is 340 g/mol. The normalized spacial score (nSPS) is 10.2. The van der Waals surface area contributed by atoms with Gasteiger partial charge in [0.25, 0.3) is 5.91 Å². The lowest BCUT2D eigenvalue weighted by molar-refractivity contribution is -0.128. The van der Waals surface area contributed by atoms with Crippen LogP contribution in [0.25, 0.3) is 0 Å². The molecule has 0 unspecified atom stereocenters. The number of benzene rings is 2. The van der Waals surface area contributed by atoms with Gasteiger partial charge in [0.1, 0.15) is 5.75 Å². The van der Waals surface area contributed by atoms with Gasteiger partial charge in [-0.25, -0.2) is 0 Å². The van der Waals surface area contributed by atoms with Gasteiger partial charge in [-0.3, -0.25) is 9.59 Å². The van der Waals surface area contributed by atoms with E-state index in [1.807, 2.05) is 56.3 Å². The van der Waals surface area contributed by atoms with Crippen LogP contribution in [-0.4, -0.2) is 30.4 Å². The second-order valence-electron chi connectivity index (χ2n) is 6.14. The fourth-order valence-corrected chi connectivity index (χ4v) is 2.44. The molecule has 0 radical (unpaired) electrons. The van der Waals surface area contributed by atoms with E-state index in [0.29, 0.717) is 18.0 Å². The summed E-state index contributed by atoms with van der Waals surface area (Å²) in [6.07, 6.45) is 0. The highest BCUT2D eigenvalue weighted by Gasteiger charge is 2.11. The van der Waals surface area contributed by atoms with E-state index in [-0.39, 0.29) is 18.4 Å². The molecule has 0 fully saturated rings. The molecule has 0 heterocycles. The molecule has 0 saturated carbocycles. The van der Waals surface area contributed by atoms with Crippen molar-refractivity contribution < 1.29 is 14.3 Å². The van der Waals surface area contributed by atoms with Crippen LogP contribution in [0.5, 0.6) is 5.75 Å². The zero-order valence-electron chi connectivity index (χ0n) is 15.1. The number of amides is 2. The van der Waals surface area contributed by atoms with Crippen molar-refractivity contribution in [2.24, 2.45) is 0 Å². The summed E-state index contributed by atoms with van der Waals surface area (Å²) in [6.45, 7) is 5.84. The highest BCUT2D eigenvalue weighted by Crippen LogP contribution is 2.19. The summed E-state index contributed by atoms with van der Waals surface area (Å²) in [7, 11) is 1.73. The number of carbonyl (C=O) groups excluding carboxylic acids is 2. The third kappa shape index (κ3) is 5.35. The first-order chi connectivity index (χ1) is 11.9. The van der Waals surface area contributed by atoms with Crippen LogP contribution in [0.2, 0.25) is 0 Å². The molecule has 0 saturated heterocycles. The molecule has 2 aromatic carbocycles. The van der Waals surface area contributed by atoms with Crippen molar-refractivity contribution in [1.82, 2.24) is 4.90 Å². The SMILES string of the molecule is CC(=O)N(C)Cc1ccccc1NC(=O)COc1ccc(C)cc1C. The lowest BCUT2D eigenvalue weighted by atomic mass is 10.1. The predicted molar refractivity (Wildman–Crippen MR) is 98.6 cm³/mol. The minimum atomic E-state index is -0.238. The standard InChI is InChI=1S/C20H24N2O3/c1-14-9-10-19(15(2)11-14)25-13-20(24)21-18-8-6-5-7-17(18)12-22(4)16(3)23/h5-11H,12-13H2,1-4H3,(H,21,24). The Kier molecular flexibility index (Phi) is 6.17. The highest BCUT2D eigenvalue weighted by molar-refractivity contribution is 5.92. The van der Waals surface area contributed by atoms with Gasteiger partial charge in [0.2, 0.25) is 5.91 Å². The van der Waals surface area contributed by atoms with Crippen LogP contribution < -0.4 is 10.1 Å². The smallest absolute Gasteiger partial charge is 0.262 e. The van der Waals surface area contributed by atoms with Crippen molar-refractivity contribution in [2.45, 2.75) is 27.3 Å². The monoisotopic (exact) mass is 340 g/mol. The van der Waals surface area contributed by atoms with Gasteiger partial charge in [0.15, 0.2) is 6.61 Å². The summed E-state index contributed by atoms with van der Waals surface area (Å²) in [5, 5.41) is 2.85. The number of carbonyl (C=O) groups is 2. The number of rotatable bonds is 6. The summed E-state index contributed by atoms with van der Waals surface area (Å²) in [5.41, 5.74) is 3.71. The van der Waals surface area contributed by atoms with E-state index in [1.165, 1.54) is 6.92 Å². The Labute approximate surface area is 148 Å². The van der Waals surface area contributed by atoms with Crippen LogP contribution in [0.15, 0.2) is 42.5 Å². The molecule has 0 aliphatic carbocycles. The van der Waals surface area contributed by atoms with Crippen LogP contribution in [0.3, 0.4) is 0 Å². The number of nitrogens with one attached hydrogen (secondary N) is 1. The molecule has 5 nitrogen and oxygen atoms in total. The minimum Gasteiger partial charge on any atom is -0.483 e. The van der Waals surface area contributed by atoms with Gasteiger partial charge in [-0.2, -0.15) is 0 Å². The van der Waals surface area contributed by atoms with E-state index in [9.17, 15) is 9.59 Å². The van der Waals surface area contributed by atoms with Gasteiger partial charge < -0.3 is 15.0 Å². The van der Waals surface area contributed by atoms with Crippen molar-refractivity contribution in [2.75, 3.05) is 19.0 Å². The Bertz CT molecular complexity index is 771. The van der Waals surface area contributed by atoms with Gasteiger partial charge in [-0.15, -0.1) is 0 Å². The summed E-state index contributed by atoms with van der Waals surface area (Å²) < 4.78 is 5.61. The topological polar surface area (TPSA) is 58.6 Å². The molecule has 0 spiro atoms. The predicted octanol–water partition coefficient (Wildman–Crippen LogP) is 3.30. The van der Waals surface area contributed by atoms with E-state index in [2.05, 4.69) is 5.32 Å². The maximum atomic E-state index is 12.2. The van der Waals surface area contributed by atoms with Crippen LogP contribution in [-0.2, 0) is 16.1 Å². The van der Waals surface area contributed by atoms with E-state index in [0.717, 1.165) is 16.7 Å². The fraction of sp³-hybridized carbons (Fsp3) is 0.300. The van der Waals surface area contributed by atoms with Crippen molar-refractivity contribution in [3.05, 3.63) is 59.2 Å². The molecule has 132 valence electrons. The van der Waals surface area contributed by atoms with Crippen molar-refractivity contribution >= 4 is 17.5 Å². The average Bonchev–Trinajstić information content (AvgIpc) is 2.55. The van der Waals surface area contributed by atoms with Gasteiger partial charge in [0, 0.05) is 26.2 Å². The van der Waals surface area contributed by atoms with E-state index < -0.39 is 0 Å². The second kappa shape index (κ2) is 8.33. The summed E-state index contributed by atoms with van der Waals surface area (Å²) >= 11 is 0. The largest absolute Gasteiger partial charge is 0.483 e. The molecule has 25 heavy (non-hydrogen) atoms. The quantitative estimate of drug-likeness (QED) is 0.878. The van der Waals surface area contributed by atoms with Crippen molar-refractivity contribution in [3.8, 4) is 5.75 Å². The first-order valence-corrected chi connectivity index (χ1v) is 8.16. The van der Waals surface area contributed by atoms with Crippen LogP contribution in [0.1, 0.15) is 23.6 Å². The number of anilines is 1. The maximum absolute atomic E-state index is 12.2. The molecule has 2 amide bonds. The zero-order valence-corrected chi connectivity index (χ0v) is 15.1. The number of hydrogen-bond acceptors (Lipinski definition) is 3. The number of hydrogen-bond donors (Lipinski definition) is 1. The van der Waals surface area contributed by atoms with Gasteiger partial charge in [-0.05, 0) is 37.1 Å². The maximum Gasteiger partial charge on any atom is 0.262 e. The molecule has 0 atom stereocenters. The van der Waals surface area contributed by atoms with Gasteiger partial charge in [-0.1, -0.05) is 35.9 Å². The Morgan fingerprint density at radius 2 is 1.84 bits per heavy atom. The summed E-state index contributed by atoms with van der Waals surface area (Å²) in [5.74, 6) is 0.433. The number of aryl methyl sites for hydroxylation is 2. The summed E-state index contributed by atoms with van der Waals surface area (Å²) in [6, 6.07) is 13.3. The number of nitrogens with zero attached hydrogens (tertiary/aromatic N) is 1. The lowest BCUT2D eigenvalue weighted by Gasteiger charge is -2.18. The molecule has 5 heteroatoms. The van der Waals surface area contributed by atoms with E-state index in [4.69, 9.17) is 4.74 Å². The summed E-state index contributed by atoms with van der Waals surface area (Å²) in [4.78, 5) is 25.2. The highest BCUT2D eigenvalue weighted by atomic mass is 16.5. The molecule has 0 aliphatic rings. The van der Waals surface area contributed by atoms with Gasteiger partial charge in [0.05, 0.1) is 0 Å². The molecule has 0 aromatic heterocycles. The molecule has 0 bridgehead atoms. The Hall–Kier alpha value is -2.82. The molecular formula is C20H24N2O3. The molecular weight excluding hydrogens is 316 g/mol. The van der Waals surface area contributed by atoms with E-state index >= 15 is 0 Å². The number of para-hydroxylation sites is 1. The van der Waals surface area contributed by atoms with Crippen molar-refractivity contribution in [3.63, 3.8) is 0 Å². The third-order valence-electron chi connectivity index (χ3n) is 3.93. The van der Waals surface area contributed by atoms with Crippen molar-refractivity contribution in [1.29, 1.82) is 0 Å². The molecule has 2 rings (SSSR count). The Morgan fingerprint density at radius 1 is 1.12 bits per heavy atom. The first kappa shape index (κ1) is 18.5. The lowest BCUT2D eigenvalue weighted by Crippen LogP contribution is -2.25. The molecule has 0 aliphatic heterocycles. The molecule has 1 N–H and O–H groups in total. The molecule has 2 aromatic rings. The van der Waals surface area contributed by atoms with Gasteiger partial charge >= 0.3 is 0 Å². The minimum absolute atomic E-state index is 0.0284. The van der Waals surface area contributed by atoms with Crippen LogP contribution in [0.4, 0.5) is 5.69 Å². The fourth-order valence-electron chi connectivity index (χ4n) is 2.44. The Morgan fingerprint density at radius 3 is 2.52 bits per heavy atom.